The number of hydrogen-bond donors (Lipinski definition) is 2. The van der Waals surface area contributed by atoms with Gasteiger partial charge < -0.3 is 20.1 Å². The van der Waals surface area contributed by atoms with Crippen LogP contribution >= 0.6 is 0 Å². The molecule has 126 valence electrons. The van der Waals surface area contributed by atoms with Gasteiger partial charge in [-0.05, 0) is 31.2 Å². The molecule has 1 amide bonds. The number of fused-ring (bicyclic) bond motifs is 1. The van der Waals surface area contributed by atoms with Crippen LogP contribution in [0.25, 0.3) is 0 Å². The van der Waals surface area contributed by atoms with Crippen LogP contribution in [0.5, 0.6) is 5.75 Å². The van der Waals surface area contributed by atoms with Gasteiger partial charge in [-0.25, -0.2) is 4.79 Å². The molecule has 0 fully saturated rings. The van der Waals surface area contributed by atoms with Gasteiger partial charge in [0.2, 0.25) is 0 Å². The minimum absolute atomic E-state index is 0.258. The number of methoxy groups -OCH3 is 1. The Balaban J connectivity index is 1.83. The second-order valence-electron chi connectivity index (χ2n) is 5.17. The van der Waals surface area contributed by atoms with Crippen LogP contribution in [-0.4, -0.2) is 35.5 Å². The maximum atomic E-state index is 12.4. The molecule has 2 aromatic rings. The lowest BCUT2D eigenvalue weighted by molar-refractivity contribution is 0.102. The summed E-state index contributed by atoms with van der Waals surface area (Å²) in [7, 11) is 1.56. The number of nitrogens with zero attached hydrogens (tertiary/aromatic N) is 2. The third kappa shape index (κ3) is 2.95. The Morgan fingerprint density at radius 3 is 2.71 bits per heavy atom. The first kappa shape index (κ1) is 16.0. The summed E-state index contributed by atoms with van der Waals surface area (Å²) in [5.41, 5.74) is 1.98. The van der Waals surface area contributed by atoms with Crippen LogP contribution in [0.15, 0.2) is 24.3 Å². The van der Waals surface area contributed by atoms with Crippen molar-refractivity contribution in [3.05, 3.63) is 41.1 Å². The van der Waals surface area contributed by atoms with Crippen LogP contribution in [0.1, 0.15) is 28.5 Å². The molecular formula is C16H18N4O4. The summed E-state index contributed by atoms with van der Waals surface area (Å²) in [6, 6.07) is 6.74. The first-order chi connectivity index (χ1) is 11.6. The molecule has 2 heterocycles. The quantitative estimate of drug-likeness (QED) is 0.887. The lowest BCUT2D eigenvalue weighted by atomic mass is 10.2. The van der Waals surface area contributed by atoms with Crippen molar-refractivity contribution in [1.29, 1.82) is 0 Å². The smallest absolute Gasteiger partial charge is 0.435 e. The molecule has 0 saturated carbocycles. The van der Waals surface area contributed by atoms with E-state index < -0.39 is 6.09 Å². The van der Waals surface area contributed by atoms with Crippen LogP contribution in [-0.2, 0) is 17.8 Å². The maximum Gasteiger partial charge on any atom is 0.435 e. The molecular weight excluding hydrogens is 312 g/mol. The number of hydrogen-bond acceptors (Lipinski definition) is 6. The van der Waals surface area contributed by atoms with Crippen LogP contribution < -0.4 is 15.4 Å². The van der Waals surface area contributed by atoms with Gasteiger partial charge in [0, 0.05) is 24.2 Å². The van der Waals surface area contributed by atoms with E-state index in [1.165, 1.54) is 4.68 Å². The zero-order valence-electron chi connectivity index (χ0n) is 13.5. The Kier molecular flexibility index (Phi) is 4.48. The minimum atomic E-state index is -0.553. The van der Waals surface area contributed by atoms with Crippen molar-refractivity contribution in [3.63, 3.8) is 0 Å². The molecule has 1 aromatic heterocycles. The van der Waals surface area contributed by atoms with E-state index in [0.29, 0.717) is 35.9 Å². The zero-order valence-corrected chi connectivity index (χ0v) is 13.5. The topological polar surface area (TPSA) is 94.5 Å². The Morgan fingerprint density at radius 2 is 2.04 bits per heavy atom. The fourth-order valence-electron chi connectivity index (χ4n) is 2.52. The van der Waals surface area contributed by atoms with Gasteiger partial charge in [0.1, 0.15) is 5.75 Å². The Morgan fingerprint density at radius 1 is 1.29 bits per heavy atom. The normalized spacial score (nSPS) is 12.6. The summed E-state index contributed by atoms with van der Waals surface area (Å²) in [6.45, 7) is 3.02. The predicted octanol–water partition coefficient (Wildman–Crippen LogP) is 1.75. The van der Waals surface area contributed by atoms with Crippen LogP contribution in [0.3, 0.4) is 0 Å². The molecule has 24 heavy (non-hydrogen) atoms. The maximum absolute atomic E-state index is 12.4. The number of carbonyl (C=O) groups excluding carboxylic acids is 2. The summed E-state index contributed by atoms with van der Waals surface area (Å²) >= 11 is 0. The van der Waals surface area contributed by atoms with Gasteiger partial charge in [-0.3, -0.25) is 4.79 Å². The number of nitrogens with one attached hydrogen (secondary N) is 2. The SMILES string of the molecule is CCOC(=O)n1nc(NC(=O)c2ccc(OC)cc2)c2c1CNC2. The molecule has 0 unspecified atom stereocenters. The van der Waals surface area contributed by atoms with Crippen LogP contribution in [0.4, 0.5) is 10.6 Å². The predicted molar refractivity (Wildman–Crippen MR) is 86.1 cm³/mol. The molecule has 0 radical (unpaired) electrons. The van der Waals surface area contributed by atoms with Gasteiger partial charge in [0.05, 0.1) is 19.4 Å². The lowest BCUT2D eigenvalue weighted by Crippen LogP contribution is -2.20. The van der Waals surface area contributed by atoms with Gasteiger partial charge >= 0.3 is 6.09 Å². The first-order valence-electron chi connectivity index (χ1n) is 7.58. The zero-order chi connectivity index (χ0) is 17.1. The fourth-order valence-corrected chi connectivity index (χ4v) is 2.52. The molecule has 0 atom stereocenters. The monoisotopic (exact) mass is 330 g/mol. The molecule has 0 spiro atoms. The van der Waals surface area contributed by atoms with E-state index in [4.69, 9.17) is 9.47 Å². The van der Waals surface area contributed by atoms with E-state index >= 15 is 0 Å². The highest BCUT2D eigenvalue weighted by Crippen LogP contribution is 2.24. The molecule has 8 heteroatoms. The number of aromatic nitrogens is 2. The standard InChI is InChI=1S/C16H18N4O4/c1-3-24-16(22)20-13-9-17-8-12(13)14(19-20)18-15(21)10-4-6-11(23-2)7-5-10/h4-7,17H,3,8-9H2,1-2H3,(H,18,19,21). The molecule has 1 aliphatic rings. The van der Waals surface area contributed by atoms with E-state index in [0.717, 1.165) is 5.56 Å². The molecule has 0 saturated heterocycles. The van der Waals surface area contributed by atoms with Crippen molar-refractivity contribution in [3.8, 4) is 5.75 Å². The second-order valence-corrected chi connectivity index (χ2v) is 5.17. The van der Waals surface area contributed by atoms with Crippen molar-refractivity contribution in [2.45, 2.75) is 20.0 Å². The molecule has 3 rings (SSSR count). The molecule has 0 aliphatic carbocycles. The van der Waals surface area contributed by atoms with Gasteiger partial charge in [-0.2, -0.15) is 4.68 Å². The van der Waals surface area contributed by atoms with Gasteiger partial charge in [-0.15, -0.1) is 5.10 Å². The summed E-state index contributed by atoms with van der Waals surface area (Å²) in [5, 5.41) is 10.1. The highest BCUT2D eigenvalue weighted by Gasteiger charge is 2.27. The van der Waals surface area contributed by atoms with Crippen LogP contribution in [0.2, 0.25) is 0 Å². The summed E-state index contributed by atoms with van der Waals surface area (Å²) in [5.74, 6) is 0.730. The van der Waals surface area contributed by atoms with E-state index in [1.807, 2.05) is 0 Å². The number of carbonyl (C=O) groups is 2. The average Bonchev–Trinajstić information content (AvgIpc) is 3.19. The summed E-state index contributed by atoms with van der Waals surface area (Å²) < 4.78 is 11.3. The van der Waals surface area contributed by atoms with Crippen LogP contribution in [0, 0.1) is 0 Å². The van der Waals surface area contributed by atoms with Crippen molar-refractivity contribution in [1.82, 2.24) is 15.1 Å². The largest absolute Gasteiger partial charge is 0.497 e. The van der Waals surface area contributed by atoms with E-state index in [-0.39, 0.29) is 12.5 Å². The number of ether oxygens (including phenoxy) is 2. The van der Waals surface area contributed by atoms with Crippen molar-refractivity contribution in [2.75, 3.05) is 19.0 Å². The average molecular weight is 330 g/mol. The first-order valence-corrected chi connectivity index (χ1v) is 7.58. The highest BCUT2D eigenvalue weighted by molar-refractivity contribution is 6.04. The van der Waals surface area contributed by atoms with Crippen molar-refractivity contribution < 1.29 is 19.1 Å². The lowest BCUT2D eigenvalue weighted by Gasteiger charge is -2.05. The van der Waals surface area contributed by atoms with E-state index in [1.54, 1.807) is 38.3 Å². The van der Waals surface area contributed by atoms with Gasteiger partial charge in [-0.1, -0.05) is 0 Å². The number of anilines is 1. The van der Waals surface area contributed by atoms with Crippen molar-refractivity contribution >= 4 is 17.8 Å². The number of rotatable bonds is 4. The molecule has 2 N–H and O–H groups in total. The molecule has 0 bridgehead atoms. The van der Waals surface area contributed by atoms with Crippen molar-refractivity contribution in [2.24, 2.45) is 0 Å². The summed E-state index contributed by atoms with van der Waals surface area (Å²) in [6.07, 6.45) is -0.553. The molecule has 1 aromatic carbocycles. The second kappa shape index (κ2) is 6.71. The molecule has 1 aliphatic heterocycles. The minimum Gasteiger partial charge on any atom is -0.497 e. The Hall–Kier alpha value is -2.87. The van der Waals surface area contributed by atoms with Gasteiger partial charge in [0.25, 0.3) is 5.91 Å². The third-order valence-electron chi connectivity index (χ3n) is 3.71. The summed E-state index contributed by atoms with van der Waals surface area (Å²) in [4.78, 5) is 24.3. The number of amides is 1. The highest BCUT2D eigenvalue weighted by atomic mass is 16.6. The molecule has 8 nitrogen and oxygen atoms in total. The number of benzene rings is 1. The Labute approximate surface area is 138 Å². The Bertz CT molecular complexity index is 767. The van der Waals surface area contributed by atoms with E-state index in [2.05, 4.69) is 15.7 Å². The van der Waals surface area contributed by atoms with Gasteiger partial charge in [0.15, 0.2) is 5.82 Å². The fraction of sp³-hybridized carbons (Fsp3) is 0.312. The van der Waals surface area contributed by atoms with E-state index in [9.17, 15) is 9.59 Å². The third-order valence-corrected chi connectivity index (χ3v) is 3.71.